The zero-order chi connectivity index (χ0) is 60.1. The third kappa shape index (κ3) is 56.4. The summed E-state index contributed by atoms with van der Waals surface area (Å²) in [6.45, 7) is 13.2. The molecule has 0 amide bonds. The Morgan fingerprint density at radius 1 is 0.378 bits per heavy atom. The minimum absolute atomic E-state index is 0.190. The summed E-state index contributed by atoms with van der Waals surface area (Å²) in [7, 11) is -4.05. The molecule has 4 unspecified atom stereocenters. The zero-order valence-electron chi connectivity index (χ0n) is 56.1. The molecule has 0 aliphatic carbocycles. The van der Waals surface area contributed by atoms with Gasteiger partial charge in [0.1, 0.15) is 6.04 Å². The Labute approximate surface area is 517 Å². The van der Waals surface area contributed by atoms with Crippen molar-refractivity contribution in [2.75, 3.05) is 25.6 Å². The van der Waals surface area contributed by atoms with Crippen molar-refractivity contribution >= 4 is 25.6 Å². The van der Waals surface area contributed by atoms with E-state index in [1.54, 1.807) is 13.8 Å². The number of thioether (sulfide) groups is 1. The number of hydrogen-bond acceptors (Lipinski definition) is 8. The molecular weight excluding hydrogens is 1050 g/mol. The molecule has 10 heteroatoms. The highest BCUT2D eigenvalue weighted by molar-refractivity contribution is 8.00. The topological polar surface area (TPSA) is 128 Å². The predicted octanol–water partition coefficient (Wildman–Crippen LogP) is 24.6. The van der Waals surface area contributed by atoms with Crippen LogP contribution in [0.2, 0.25) is 0 Å². The van der Waals surface area contributed by atoms with Crippen molar-refractivity contribution in [2.24, 2.45) is 17.6 Å². The second kappa shape index (κ2) is 62.5. The van der Waals surface area contributed by atoms with Crippen LogP contribution < -0.4 is 5.73 Å². The molecule has 0 rings (SSSR count). The average Bonchev–Trinajstić information content (AvgIpc) is 3.51. The molecule has 0 radical (unpaired) electrons. The highest BCUT2D eigenvalue weighted by Crippen LogP contribution is 2.51. The molecule has 8 nitrogen and oxygen atoms in total. The van der Waals surface area contributed by atoms with Gasteiger partial charge in [-0.25, -0.2) is 4.57 Å². The maximum absolute atomic E-state index is 15.0. The van der Waals surface area contributed by atoms with Gasteiger partial charge in [0.15, 0.2) is 0 Å². The summed E-state index contributed by atoms with van der Waals surface area (Å²) in [6, 6.07) is -1.09. The third-order valence-corrected chi connectivity index (χ3v) is 20.8. The molecule has 0 aliphatic heterocycles. The number of nitrogens with two attached hydrogens (primary N) is 1. The Bertz CT molecular complexity index is 1270. The summed E-state index contributed by atoms with van der Waals surface area (Å²) >= 11 is 1.29. The van der Waals surface area contributed by atoms with Crippen LogP contribution in [-0.2, 0) is 22.9 Å². The minimum Gasteiger partial charge on any atom is -0.480 e. The number of aliphatic hydroxyl groups is 1. The van der Waals surface area contributed by atoms with Gasteiger partial charge < -0.3 is 15.9 Å². The van der Waals surface area contributed by atoms with E-state index in [1.807, 2.05) is 0 Å². The van der Waals surface area contributed by atoms with E-state index < -0.39 is 30.7 Å². The van der Waals surface area contributed by atoms with Crippen LogP contribution in [0.25, 0.3) is 0 Å². The van der Waals surface area contributed by atoms with E-state index in [0.29, 0.717) is 13.2 Å². The third-order valence-electron chi connectivity index (χ3n) is 17.9. The summed E-state index contributed by atoms with van der Waals surface area (Å²) in [5, 5.41) is 20.9. The maximum atomic E-state index is 15.0. The van der Waals surface area contributed by atoms with Gasteiger partial charge in [0.2, 0.25) is 0 Å². The second-order valence-electron chi connectivity index (χ2n) is 26.6. The smallest absolute Gasteiger partial charge is 0.474 e. The summed E-state index contributed by atoms with van der Waals surface area (Å²) in [4.78, 5) is 11.8. The first-order valence-corrected chi connectivity index (χ1v) is 39.2. The lowest BCUT2D eigenvalue weighted by molar-refractivity contribution is -0.139. The molecule has 0 saturated carbocycles. The molecule has 82 heavy (non-hydrogen) atoms. The van der Waals surface area contributed by atoms with Gasteiger partial charge in [-0.1, -0.05) is 362 Å². The van der Waals surface area contributed by atoms with E-state index in [-0.39, 0.29) is 24.2 Å². The van der Waals surface area contributed by atoms with Crippen LogP contribution in [0.5, 0.6) is 0 Å². The normalized spacial score (nSPS) is 14.3. The molecule has 0 spiro atoms. The zero-order valence-corrected chi connectivity index (χ0v) is 57.8. The van der Waals surface area contributed by atoms with E-state index in [0.717, 1.165) is 51.4 Å². The monoisotopic (exact) mass is 1200 g/mol. The van der Waals surface area contributed by atoms with E-state index >= 15 is 0 Å². The first kappa shape index (κ1) is 81.8. The molecular formula is C72H146NO7PS. The molecule has 0 aromatic rings. The van der Waals surface area contributed by atoms with E-state index in [4.69, 9.17) is 19.3 Å². The molecule has 4 N–H and O–H groups in total. The summed E-state index contributed by atoms with van der Waals surface area (Å²) < 4.78 is 33.3. The fraction of sp³-hybridized carbons (Fsp3) is 0.986. The number of carbonyl (C=O) groups is 1. The number of phosphoric ester groups is 1. The van der Waals surface area contributed by atoms with Gasteiger partial charge >= 0.3 is 13.8 Å². The molecule has 0 saturated heterocycles. The van der Waals surface area contributed by atoms with Crippen LogP contribution in [-0.4, -0.2) is 58.6 Å². The molecule has 0 aliphatic rings. The standard InChI is InChI=1S/C72H146NO7PS/c1-7-11-15-19-23-27-31-35-37-41-45-49-53-57-61-67(59-55-51-47-43-39-33-29-25-21-17-13-9-3)63-78-81(77,80-65-69(74)66-82-72(5,6)70(73)71(75)76)79-64-68(60-56-52-48-44-40-34-30-26-22-18-14-10-4)62-58-54-50-46-42-38-36-32-28-24-20-16-12-8-2/h67-70,74H,7-66,73H2,1-6H3,(H,75,76). The maximum Gasteiger partial charge on any atom is 0.474 e. The van der Waals surface area contributed by atoms with Crippen LogP contribution in [0.3, 0.4) is 0 Å². The first-order valence-electron chi connectivity index (χ1n) is 36.8. The van der Waals surface area contributed by atoms with Gasteiger partial charge in [-0.05, 0) is 51.4 Å². The number of hydrogen-bond donors (Lipinski definition) is 3. The Morgan fingerprint density at radius 2 is 0.573 bits per heavy atom. The van der Waals surface area contributed by atoms with Crippen LogP contribution in [0, 0.1) is 11.8 Å². The number of aliphatic hydroxyl groups excluding tert-OH is 1. The summed E-state index contributed by atoms with van der Waals surface area (Å²) in [6.07, 6.45) is 72.5. The number of carboxylic acid groups (broad SMARTS) is 1. The highest BCUT2D eigenvalue weighted by Gasteiger charge is 2.35. The molecule has 0 fully saturated rings. The lowest BCUT2D eigenvalue weighted by atomic mass is 9.94. The Hall–Kier alpha value is -0.150. The summed E-state index contributed by atoms with van der Waals surface area (Å²) in [5.41, 5.74) is 6.03. The van der Waals surface area contributed by atoms with Crippen molar-refractivity contribution in [1.29, 1.82) is 0 Å². The molecule has 0 heterocycles. The quantitative estimate of drug-likeness (QED) is 0.0403. The number of unbranched alkanes of at least 4 members (excludes halogenated alkanes) is 48. The largest absolute Gasteiger partial charge is 0.480 e. The van der Waals surface area contributed by atoms with Crippen molar-refractivity contribution in [2.45, 2.75) is 418 Å². The fourth-order valence-corrected chi connectivity index (χ4v) is 14.2. The predicted molar refractivity (Wildman–Crippen MR) is 362 cm³/mol. The van der Waals surface area contributed by atoms with Crippen molar-refractivity contribution in [3.63, 3.8) is 0 Å². The van der Waals surface area contributed by atoms with Gasteiger partial charge in [-0.3, -0.25) is 18.4 Å². The summed E-state index contributed by atoms with van der Waals surface area (Å²) in [5.74, 6) is -0.344. The van der Waals surface area contributed by atoms with Crippen LogP contribution in [0.1, 0.15) is 401 Å². The Balaban J connectivity index is 5.86. The van der Waals surface area contributed by atoms with E-state index in [2.05, 4.69) is 27.7 Å². The van der Waals surface area contributed by atoms with Crippen molar-refractivity contribution in [3.05, 3.63) is 0 Å². The van der Waals surface area contributed by atoms with E-state index in [9.17, 15) is 19.6 Å². The van der Waals surface area contributed by atoms with Crippen molar-refractivity contribution in [1.82, 2.24) is 0 Å². The first-order chi connectivity index (χ1) is 39.9. The number of phosphoric acid groups is 1. The fourth-order valence-electron chi connectivity index (χ4n) is 11.9. The molecule has 4 atom stereocenters. The number of carboxylic acids is 1. The van der Waals surface area contributed by atoms with Crippen LogP contribution in [0.4, 0.5) is 0 Å². The van der Waals surface area contributed by atoms with Gasteiger partial charge in [-0.15, -0.1) is 0 Å². The van der Waals surface area contributed by atoms with E-state index in [1.165, 1.54) is 320 Å². The minimum atomic E-state index is -4.05. The molecule has 492 valence electrons. The Kier molecular flexibility index (Phi) is 62.3. The second-order valence-corrected chi connectivity index (χ2v) is 29.9. The van der Waals surface area contributed by atoms with Crippen molar-refractivity contribution in [3.8, 4) is 0 Å². The molecule has 0 bridgehead atoms. The molecule has 0 aromatic carbocycles. The Morgan fingerprint density at radius 3 is 0.780 bits per heavy atom. The van der Waals surface area contributed by atoms with Gasteiger partial charge in [0.05, 0.1) is 25.9 Å². The molecule has 0 aromatic heterocycles. The highest BCUT2D eigenvalue weighted by atomic mass is 32.2. The van der Waals surface area contributed by atoms with Crippen LogP contribution >= 0.6 is 19.6 Å². The average molecular weight is 1200 g/mol. The van der Waals surface area contributed by atoms with Gasteiger partial charge in [0, 0.05) is 10.5 Å². The number of aliphatic carboxylic acids is 1. The van der Waals surface area contributed by atoms with Gasteiger partial charge in [0.25, 0.3) is 0 Å². The van der Waals surface area contributed by atoms with Gasteiger partial charge in [-0.2, -0.15) is 11.8 Å². The van der Waals surface area contributed by atoms with Crippen LogP contribution in [0.15, 0.2) is 0 Å². The number of rotatable bonds is 70. The lowest BCUT2D eigenvalue weighted by Crippen LogP contribution is -2.47. The van der Waals surface area contributed by atoms with Crippen molar-refractivity contribution < 1.29 is 33.1 Å². The SMILES string of the molecule is CCCCCCCCCCCCCCCCC(CCCCCCCCCCCCCC)COP(=O)(OCC(O)CSC(C)(C)C(N)C(=O)O)OCC(CCCCCCCCCCCCCC)CCCCCCCCCCCCCCCC. The lowest BCUT2D eigenvalue weighted by Gasteiger charge is -2.29.